The Morgan fingerprint density at radius 3 is 2.67 bits per heavy atom. The molecule has 1 heterocycles. The molecule has 0 unspecified atom stereocenters. The number of nitro groups is 1. The van der Waals surface area contributed by atoms with Gasteiger partial charge >= 0.3 is 6.03 Å². The molecule has 0 spiro atoms. The van der Waals surface area contributed by atoms with Crippen LogP contribution in [0, 0.1) is 10.1 Å². The van der Waals surface area contributed by atoms with Crippen molar-refractivity contribution in [2.75, 3.05) is 11.5 Å². The number of phenolic OH excluding ortho intramolecular Hbond substituents is 1. The van der Waals surface area contributed by atoms with E-state index in [0.29, 0.717) is 4.90 Å². The van der Waals surface area contributed by atoms with E-state index >= 15 is 0 Å². The number of urea groups is 1. The molecule has 2 aromatic carbocycles. The van der Waals surface area contributed by atoms with Gasteiger partial charge in [0.25, 0.3) is 17.5 Å². The van der Waals surface area contributed by atoms with Crippen molar-refractivity contribution in [3.8, 4) is 11.5 Å². The fourth-order valence-electron chi connectivity index (χ4n) is 2.75. The summed E-state index contributed by atoms with van der Waals surface area (Å²) in [5.74, 6) is -2.18. The third-order valence-corrected chi connectivity index (χ3v) is 4.35. The number of phenols is 1. The van der Waals surface area contributed by atoms with E-state index in [1.165, 1.54) is 36.4 Å². The molecule has 10 nitrogen and oxygen atoms in total. The Morgan fingerprint density at radius 1 is 1.27 bits per heavy atom. The standard InChI is InChI=1S/C19H14ClN3O7/c1-2-30-15-8-10(7-14(20)16(15)24)6-13-17(25)21-19(27)22(18(13)26)11-4-3-5-12(9-11)23(28)29/h3-9,24H,2H2,1H3,(H,21,25,27)/b13-6-. The Bertz CT molecular complexity index is 1110. The van der Waals surface area contributed by atoms with E-state index in [1.807, 2.05) is 5.32 Å². The fraction of sp³-hybridized carbons (Fsp3) is 0.105. The van der Waals surface area contributed by atoms with Gasteiger partial charge in [0.2, 0.25) is 0 Å². The monoisotopic (exact) mass is 431 g/mol. The first-order valence-electron chi connectivity index (χ1n) is 8.54. The minimum Gasteiger partial charge on any atom is -0.503 e. The number of halogens is 1. The maximum absolute atomic E-state index is 12.9. The third-order valence-electron chi connectivity index (χ3n) is 4.06. The van der Waals surface area contributed by atoms with E-state index in [2.05, 4.69) is 0 Å². The van der Waals surface area contributed by atoms with Crippen molar-refractivity contribution < 1.29 is 29.2 Å². The molecule has 0 bridgehead atoms. The average molecular weight is 432 g/mol. The zero-order chi connectivity index (χ0) is 22.0. The molecule has 0 radical (unpaired) electrons. The molecular formula is C19H14ClN3O7. The van der Waals surface area contributed by atoms with Gasteiger partial charge in [-0.1, -0.05) is 17.7 Å². The van der Waals surface area contributed by atoms with Crippen LogP contribution in [0.1, 0.15) is 12.5 Å². The molecule has 2 aromatic rings. The van der Waals surface area contributed by atoms with E-state index in [4.69, 9.17) is 16.3 Å². The van der Waals surface area contributed by atoms with Gasteiger partial charge in [0.1, 0.15) is 5.57 Å². The number of carbonyl (C=O) groups is 3. The Hall–Kier alpha value is -3.92. The molecule has 1 aliphatic heterocycles. The summed E-state index contributed by atoms with van der Waals surface area (Å²) < 4.78 is 5.27. The molecule has 4 amide bonds. The van der Waals surface area contributed by atoms with Crippen molar-refractivity contribution in [1.82, 2.24) is 5.32 Å². The highest BCUT2D eigenvalue weighted by atomic mass is 35.5. The van der Waals surface area contributed by atoms with Crippen LogP contribution < -0.4 is 15.0 Å². The quantitative estimate of drug-likeness (QED) is 0.321. The van der Waals surface area contributed by atoms with Gasteiger partial charge in [-0.15, -0.1) is 0 Å². The van der Waals surface area contributed by atoms with E-state index in [9.17, 15) is 29.6 Å². The average Bonchev–Trinajstić information content (AvgIpc) is 2.69. The molecule has 1 saturated heterocycles. The molecule has 154 valence electrons. The zero-order valence-electron chi connectivity index (χ0n) is 15.4. The van der Waals surface area contributed by atoms with Gasteiger partial charge in [0.05, 0.1) is 22.2 Å². The van der Waals surface area contributed by atoms with Gasteiger partial charge in [-0.3, -0.25) is 25.0 Å². The van der Waals surface area contributed by atoms with Crippen molar-refractivity contribution in [2.24, 2.45) is 0 Å². The van der Waals surface area contributed by atoms with Gasteiger partial charge in [-0.05, 0) is 36.8 Å². The lowest BCUT2D eigenvalue weighted by Gasteiger charge is -2.26. The second-order valence-corrected chi connectivity index (χ2v) is 6.42. The van der Waals surface area contributed by atoms with Crippen molar-refractivity contribution in [3.63, 3.8) is 0 Å². The molecule has 2 N–H and O–H groups in total. The van der Waals surface area contributed by atoms with Gasteiger partial charge in [-0.25, -0.2) is 9.69 Å². The number of nitrogens with one attached hydrogen (secondary N) is 1. The lowest BCUT2D eigenvalue weighted by molar-refractivity contribution is -0.384. The largest absolute Gasteiger partial charge is 0.503 e. The Labute approximate surface area is 174 Å². The predicted octanol–water partition coefficient (Wildman–Crippen LogP) is 3.02. The molecule has 3 rings (SSSR count). The molecule has 0 atom stereocenters. The first-order valence-corrected chi connectivity index (χ1v) is 8.92. The first kappa shape index (κ1) is 20.8. The molecule has 11 heteroatoms. The second kappa shape index (κ2) is 8.21. The summed E-state index contributed by atoms with van der Waals surface area (Å²) in [6.07, 6.45) is 1.17. The van der Waals surface area contributed by atoms with Crippen LogP contribution in [0.2, 0.25) is 5.02 Å². The molecule has 30 heavy (non-hydrogen) atoms. The number of ether oxygens (including phenoxy) is 1. The number of carbonyl (C=O) groups excluding carboxylic acids is 3. The maximum atomic E-state index is 12.9. The van der Waals surface area contributed by atoms with Gasteiger partial charge in [-0.2, -0.15) is 0 Å². The van der Waals surface area contributed by atoms with Crippen molar-refractivity contribution in [3.05, 3.63) is 62.7 Å². The number of hydrogen-bond donors (Lipinski definition) is 2. The summed E-state index contributed by atoms with van der Waals surface area (Å²) in [6.45, 7) is 1.93. The van der Waals surface area contributed by atoms with Crippen LogP contribution >= 0.6 is 11.6 Å². The van der Waals surface area contributed by atoms with Gasteiger partial charge in [0, 0.05) is 12.1 Å². The van der Waals surface area contributed by atoms with Crippen LogP contribution in [0.3, 0.4) is 0 Å². The van der Waals surface area contributed by atoms with E-state index in [1.54, 1.807) is 6.92 Å². The summed E-state index contributed by atoms with van der Waals surface area (Å²) >= 11 is 5.97. The van der Waals surface area contributed by atoms with Crippen LogP contribution in [0.4, 0.5) is 16.2 Å². The second-order valence-electron chi connectivity index (χ2n) is 6.02. The predicted molar refractivity (Wildman–Crippen MR) is 106 cm³/mol. The Morgan fingerprint density at radius 2 is 2.00 bits per heavy atom. The third kappa shape index (κ3) is 3.94. The number of rotatable bonds is 5. The molecule has 0 aliphatic carbocycles. The number of benzene rings is 2. The van der Waals surface area contributed by atoms with E-state index in [0.717, 1.165) is 6.07 Å². The summed E-state index contributed by atoms with van der Waals surface area (Å²) in [5.41, 5.74) is -0.565. The molecule has 1 aliphatic rings. The van der Waals surface area contributed by atoms with Gasteiger partial charge < -0.3 is 9.84 Å². The lowest BCUT2D eigenvalue weighted by Crippen LogP contribution is -2.54. The highest BCUT2D eigenvalue weighted by Crippen LogP contribution is 2.36. The van der Waals surface area contributed by atoms with Crippen LogP contribution in [0.5, 0.6) is 11.5 Å². The lowest BCUT2D eigenvalue weighted by atomic mass is 10.1. The number of non-ortho nitro benzene ring substituents is 1. The smallest absolute Gasteiger partial charge is 0.335 e. The van der Waals surface area contributed by atoms with Gasteiger partial charge in [0.15, 0.2) is 11.5 Å². The highest BCUT2D eigenvalue weighted by molar-refractivity contribution is 6.39. The zero-order valence-corrected chi connectivity index (χ0v) is 16.2. The van der Waals surface area contributed by atoms with E-state index in [-0.39, 0.29) is 40.1 Å². The maximum Gasteiger partial charge on any atom is 0.335 e. The number of amides is 4. The minimum atomic E-state index is -1.04. The molecule has 0 aromatic heterocycles. The number of hydrogen-bond acceptors (Lipinski definition) is 7. The van der Waals surface area contributed by atoms with Crippen LogP contribution in [0.15, 0.2) is 42.0 Å². The summed E-state index contributed by atoms with van der Waals surface area (Å²) in [6, 6.07) is 6.50. The van der Waals surface area contributed by atoms with Crippen LogP contribution in [0.25, 0.3) is 6.08 Å². The SMILES string of the molecule is CCOc1cc(/C=C2/C(=O)NC(=O)N(c3cccc([N+](=O)[O-])c3)C2=O)cc(Cl)c1O. The van der Waals surface area contributed by atoms with Crippen LogP contribution in [-0.4, -0.2) is 34.5 Å². The summed E-state index contributed by atoms with van der Waals surface area (Å²) in [5, 5.41) is 22.9. The summed E-state index contributed by atoms with van der Waals surface area (Å²) in [4.78, 5) is 48.3. The Balaban J connectivity index is 2.05. The number of anilines is 1. The summed E-state index contributed by atoms with van der Waals surface area (Å²) in [7, 11) is 0. The molecule has 1 fully saturated rings. The Kier molecular flexibility index (Phi) is 5.70. The van der Waals surface area contributed by atoms with Crippen molar-refractivity contribution >= 4 is 46.9 Å². The topological polar surface area (TPSA) is 139 Å². The minimum absolute atomic E-state index is 0.0483. The van der Waals surface area contributed by atoms with Crippen molar-refractivity contribution in [2.45, 2.75) is 6.92 Å². The number of nitro benzene ring substituents is 1. The number of barbiturate groups is 1. The fourth-order valence-corrected chi connectivity index (χ4v) is 2.97. The molecular weight excluding hydrogens is 418 g/mol. The first-order chi connectivity index (χ1) is 14.2. The number of imide groups is 2. The van der Waals surface area contributed by atoms with Crippen molar-refractivity contribution in [1.29, 1.82) is 0 Å². The van der Waals surface area contributed by atoms with Crippen LogP contribution in [-0.2, 0) is 9.59 Å². The van der Waals surface area contributed by atoms with E-state index < -0.39 is 28.3 Å². The normalized spacial score (nSPS) is 15.3. The number of nitrogens with zero attached hydrogens (tertiary/aromatic N) is 2. The molecule has 0 saturated carbocycles. The highest BCUT2D eigenvalue weighted by Gasteiger charge is 2.37. The number of aromatic hydroxyl groups is 1.